The van der Waals surface area contributed by atoms with Crippen LogP contribution in [0.5, 0.6) is 0 Å². The molecule has 0 fully saturated rings. The van der Waals surface area contributed by atoms with E-state index in [4.69, 9.17) is 11.6 Å². The fourth-order valence-corrected chi connectivity index (χ4v) is 2.83. The zero-order valence-electron chi connectivity index (χ0n) is 9.20. The van der Waals surface area contributed by atoms with Crippen LogP contribution in [-0.2, 0) is 0 Å². The highest BCUT2D eigenvalue weighted by atomic mass is 35.5. The molecule has 0 saturated heterocycles. The molecule has 0 amide bonds. The van der Waals surface area contributed by atoms with Crippen LogP contribution in [0.15, 0.2) is 30.3 Å². The molecule has 84 valence electrons. The van der Waals surface area contributed by atoms with E-state index in [1.165, 1.54) is 16.9 Å². The Labute approximate surface area is 104 Å². The highest BCUT2D eigenvalue weighted by Crippen LogP contribution is 2.32. The average Bonchev–Trinajstić information content (AvgIpc) is 2.64. The standard InChI is InChI=1S/C13H13ClOS/c1-8-3-4-10(9(2)7-8)13(15)11-5-6-12(14)16-11/h3-7,13,15H,1-2H3. The molecule has 0 aliphatic carbocycles. The van der Waals surface area contributed by atoms with E-state index in [1.54, 1.807) is 0 Å². The first kappa shape index (κ1) is 11.6. The van der Waals surface area contributed by atoms with Crippen LogP contribution in [0.2, 0.25) is 4.34 Å². The highest BCUT2D eigenvalue weighted by Gasteiger charge is 2.14. The topological polar surface area (TPSA) is 20.2 Å². The van der Waals surface area contributed by atoms with Crippen molar-refractivity contribution >= 4 is 22.9 Å². The number of thiophene rings is 1. The third-order valence-corrected chi connectivity index (χ3v) is 3.87. The number of rotatable bonds is 2. The van der Waals surface area contributed by atoms with Crippen LogP contribution in [0.3, 0.4) is 0 Å². The summed E-state index contributed by atoms with van der Waals surface area (Å²) in [4.78, 5) is 0.886. The van der Waals surface area contributed by atoms with Crippen LogP contribution >= 0.6 is 22.9 Å². The van der Waals surface area contributed by atoms with E-state index in [2.05, 4.69) is 6.07 Å². The molecule has 1 unspecified atom stereocenters. The maximum Gasteiger partial charge on any atom is 0.113 e. The number of aryl methyl sites for hydroxylation is 2. The van der Waals surface area contributed by atoms with Gasteiger partial charge in [-0.2, -0.15) is 0 Å². The fraction of sp³-hybridized carbons (Fsp3) is 0.231. The Morgan fingerprint density at radius 2 is 1.94 bits per heavy atom. The van der Waals surface area contributed by atoms with Gasteiger partial charge in [-0.15, -0.1) is 11.3 Å². The first-order chi connectivity index (χ1) is 7.58. The van der Waals surface area contributed by atoms with E-state index in [0.717, 1.165) is 16.0 Å². The van der Waals surface area contributed by atoms with Gasteiger partial charge >= 0.3 is 0 Å². The van der Waals surface area contributed by atoms with Crippen LogP contribution < -0.4 is 0 Å². The lowest BCUT2D eigenvalue weighted by molar-refractivity contribution is 0.223. The van der Waals surface area contributed by atoms with Gasteiger partial charge in [-0.05, 0) is 37.1 Å². The van der Waals surface area contributed by atoms with Crippen molar-refractivity contribution in [3.63, 3.8) is 0 Å². The zero-order valence-corrected chi connectivity index (χ0v) is 10.8. The summed E-state index contributed by atoms with van der Waals surface area (Å²) in [5, 5.41) is 10.2. The summed E-state index contributed by atoms with van der Waals surface area (Å²) in [5.41, 5.74) is 3.26. The molecule has 0 aliphatic rings. The lowest BCUT2D eigenvalue weighted by Crippen LogP contribution is -1.99. The van der Waals surface area contributed by atoms with Crippen LogP contribution in [0.25, 0.3) is 0 Å². The normalized spacial score (nSPS) is 12.8. The molecule has 0 bridgehead atoms. The first-order valence-corrected chi connectivity index (χ1v) is 6.28. The zero-order chi connectivity index (χ0) is 11.7. The second kappa shape index (κ2) is 4.58. The smallest absolute Gasteiger partial charge is 0.113 e. The molecule has 0 radical (unpaired) electrons. The molecule has 1 aromatic heterocycles. The van der Waals surface area contributed by atoms with E-state index >= 15 is 0 Å². The SMILES string of the molecule is Cc1ccc(C(O)c2ccc(Cl)s2)c(C)c1. The maximum atomic E-state index is 10.2. The van der Waals surface area contributed by atoms with Gasteiger partial charge in [0.05, 0.1) is 4.34 Å². The second-order valence-corrected chi connectivity index (χ2v) is 5.65. The van der Waals surface area contributed by atoms with Crippen LogP contribution in [0.1, 0.15) is 27.7 Å². The van der Waals surface area contributed by atoms with E-state index in [1.807, 2.05) is 38.1 Å². The summed E-state index contributed by atoms with van der Waals surface area (Å²) in [7, 11) is 0. The van der Waals surface area contributed by atoms with E-state index in [-0.39, 0.29) is 0 Å². The largest absolute Gasteiger partial charge is 0.383 e. The van der Waals surface area contributed by atoms with Crippen molar-refractivity contribution < 1.29 is 5.11 Å². The number of hydrogen-bond acceptors (Lipinski definition) is 2. The predicted molar refractivity (Wildman–Crippen MR) is 69.3 cm³/mol. The summed E-state index contributed by atoms with van der Waals surface area (Å²) in [6.07, 6.45) is -0.571. The van der Waals surface area contributed by atoms with Crippen LogP contribution in [0, 0.1) is 13.8 Å². The lowest BCUT2D eigenvalue weighted by Gasteiger charge is -2.12. The van der Waals surface area contributed by atoms with Gasteiger partial charge in [0.1, 0.15) is 6.10 Å². The minimum absolute atomic E-state index is 0.571. The van der Waals surface area contributed by atoms with Gasteiger partial charge in [-0.3, -0.25) is 0 Å². The Kier molecular flexibility index (Phi) is 3.33. The number of halogens is 1. The summed E-state index contributed by atoms with van der Waals surface area (Å²) in [6.45, 7) is 4.06. The molecule has 0 spiro atoms. The molecule has 16 heavy (non-hydrogen) atoms. The van der Waals surface area contributed by atoms with E-state index < -0.39 is 6.10 Å². The van der Waals surface area contributed by atoms with Gasteiger partial charge < -0.3 is 5.11 Å². The van der Waals surface area contributed by atoms with Gasteiger partial charge in [0.25, 0.3) is 0 Å². The Morgan fingerprint density at radius 1 is 1.19 bits per heavy atom. The first-order valence-electron chi connectivity index (χ1n) is 5.08. The van der Waals surface area contributed by atoms with Crippen molar-refractivity contribution in [1.82, 2.24) is 0 Å². The quantitative estimate of drug-likeness (QED) is 0.853. The molecule has 1 aromatic carbocycles. The van der Waals surface area contributed by atoms with Gasteiger partial charge in [0.15, 0.2) is 0 Å². The molecule has 1 atom stereocenters. The van der Waals surface area contributed by atoms with Gasteiger partial charge in [-0.1, -0.05) is 35.4 Å². The molecular weight excluding hydrogens is 240 g/mol. The van der Waals surface area contributed by atoms with Crippen molar-refractivity contribution in [2.45, 2.75) is 20.0 Å². The molecule has 0 saturated carbocycles. The molecule has 3 heteroatoms. The van der Waals surface area contributed by atoms with Gasteiger partial charge in [-0.25, -0.2) is 0 Å². The minimum atomic E-state index is -0.571. The molecular formula is C13H13ClOS. The molecule has 2 aromatic rings. The molecule has 0 aliphatic heterocycles. The van der Waals surface area contributed by atoms with Crippen molar-refractivity contribution in [3.8, 4) is 0 Å². The molecule has 2 rings (SSSR count). The monoisotopic (exact) mass is 252 g/mol. The Morgan fingerprint density at radius 3 is 2.50 bits per heavy atom. The van der Waals surface area contributed by atoms with Crippen molar-refractivity contribution in [2.75, 3.05) is 0 Å². The summed E-state index contributed by atoms with van der Waals surface area (Å²) >= 11 is 7.28. The Bertz CT molecular complexity index is 504. The third kappa shape index (κ3) is 2.29. The summed E-state index contributed by atoms with van der Waals surface area (Å²) in [6, 6.07) is 9.75. The second-order valence-electron chi connectivity index (χ2n) is 3.90. The van der Waals surface area contributed by atoms with E-state index in [0.29, 0.717) is 4.34 Å². The van der Waals surface area contributed by atoms with Crippen LogP contribution in [0.4, 0.5) is 0 Å². The molecule has 1 heterocycles. The molecule has 1 N–H and O–H groups in total. The van der Waals surface area contributed by atoms with Crippen LogP contribution in [-0.4, -0.2) is 5.11 Å². The highest BCUT2D eigenvalue weighted by molar-refractivity contribution is 7.16. The lowest BCUT2D eigenvalue weighted by atomic mass is 10.0. The Balaban J connectivity index is 2.37. The molecule has 1 nitrogen and oxygen atoms in total. The predicted octanol–water partition coefficient (Wildman–Crippen LogP) is 4.10. The third-order valence-electron chi connectivity index (χ3n) is 2.58. The minimum Gasteiger partial charge on any atom is -0.383 e. The summed E-state index contributed by atoms with van der Waals surface area (Å²) < 4.78 is 0.707. The van der Waals surface area contributed by atoms with Crippen molar-refractivity contribution in [3.05, 3.63) is 56.2 Å². The average molecular weight is 253 g/mol. The van der Waals surface area contributed by atoms with Crippen molar-refractivity contribution in [1.29, 1.82) is 0 Å². The number of hydrogen-bond donors (Lipinski definition) is 1. The van der Waals surface area contributed by atoms with Gasteiger partial charge in [0.2, 0.25) is 0 Å². The van der Waals surface area contributed by atoms with E-state index in [9.17, 15) is 5.11 Å². The summed E-state index contributed by atoms with van der Waals surface area (Å²) in [5.74, 6) is 0. The number of benzene rings is 1. The number of aliphatic hydroxyl groups is 1. The van der Waals surface area contributed by atoms with Crippen molar-refractivity contribution in [2.24, 2.45) is 0 Å². The number of aliphatic hydroxyl groups excluding tert-OH is 1. The van der Waals surface area contributed by atoms with Gasteiger partial charge in [0, 0.05) is 4.88 Å². The maximum absolute atomic E-state index is 10.2. The fourth-order valence-electron chi connectivity index (χ4n) is 1.76. The Hall–Kier alpha value is -0.830.